The fourth-order valence-corrected chi connectivity index (χ4v) is 1.78. The maximum Gasteiger partial charge on any atom is 0.123 e. The number of nitrogens with one attached hydrogen (secondary N) is 1. The molecule has 1 aromatic rings. The fraction of sp³-hybridized carbons (Fsp3) is 0.571. The van der Waals surface area contributed by atoms with Gasteiger partial charge in [0.25, 0.3) is 0 Å². The SMILES string of the molecule is CCCNCCC(C)Cc1ccc(F)cc1. The molecule has 2 heteroatoms. The molecule has 1 unspecified atom stereocenters. The number of rotatable bonds is 7. The van der Waals surface area contributed by atoms with Crippen molar-refractivity contribution in [2.24, 2.45) is 5.92 Å². The average molecular weight is 223 g/mol. The smallest absolute Gasteiger partial charge is 0.123 e. The highest BCUT2D eigenvalue weighted by Gasteiger charge is 2.03. The molecule has 0 aromatic heterocycles. The van der Waals surface area contributed by atoms with E-state index in [2.05, 4.69) is 19.2 Å². The van der Waals surface area contributed by atoms with Crippen molar-refractivity contribution in [3.63, 3.8) is 0 Å². The van der Waals surface area contributed by atoms with E-state index in [1.54, 1.807) is 0 Å². The average Bonchev–Trinajstić information content (AvgIpc) is 2.28. The lowest BCUT2D eigenvalue weighted by molar-refractivity contribution is 0.498. The molecule has 0 radical (unpaired) electrons. The number of hydrogen-bond donors (Lipinski definition) is 1. The van der Waals surface area contributed by atoms with E-state index in [1.165, 1.54) is 30.5 Å². The van der Waals surface area contributed by atoms with Crippen molar-refractivity contribution in [3.8, 4) is 0 Å². The Balaban J connectivity index is 2.23. The lowest BCUT2D eigenvalue weighted by Gasteiger charge is -2.11. The van der Waals surface area contributed by atoms with Gasteiger partial charge in [-0.1, -0.05) is 26.0 Å². The molecular weight excluding hydrogens is 201 g/mol. The molecule has 0 saturated heterocycles. The van der Waals surface area contributed by atoms with E-state index in [9.17, 15) is 4.39 Å². The van der Waals surface area contributed by atoms with Crippen molar-refractivity contribution in [2.75, 3.05) is 13.1 Å². The minimum absolute atomic E-state index is 0.152. The van der Waals surface area contributed by atoms with Gasteiger partial charge in [0.1, 0.15) is 5.82 Å². The molecule has 0 bridgehead atoms. The molecule has 0 aliphatic carbocycles. The van der Waals surface area contributed by atoms with Gasteiger partial charge in [0.05, 0.1) is 0 Å². The molecular formula is C14H22FN. The first-order valence-corrected chi connectivity index (χ1v) is 6.17. The molecule has 0 saturated carbocycles. The minimum Gasteiger partial charge on any atom is -0.317 e. The van der Waals surface area contributed by atoms with Crippen molar-refractivity contribution < 1.29 is 4.39 Å². The molecule has 1 rings (SSSR count). The highest BCUT2D eigenvalue weighted by Crippen LogP contribution is 2.11. The van der Waals surface area contributed by atoms with E-state index in [4.69, 9.17) is 0 Å². The Hall–Kier alpha value is -0.890. The summed E-state index contributed by atoms with van der Waals surface area (Å²) < 4.78 is 12.7. The lowest BCUT2D eigenvalue weighted by Crippen LogP contribution is -2.18. The zero-order chi connectivity index (χ0) is 11.8. The van der Waals surface area contributed by atoms with Crippen LogP contribution in [-0.2, 0) is 6.42 Å². The van der Waals surface area contributed by atoms with Crippen LogP contribution in [0.2, 0.25) is 0 Å². The predicted molar refractivity (Wildman–Crippen MR) is 67.0 cm³/mol. The maximum atomic E-state index is 12.7. The zero-order valence-corrected chi connectivity index (χ0v) is 10.3. The first-order valence-electron chi connectivity index (χ1n) is 6.17. The Morgan fingerprint density at radius 1 is 1.19 bits per heavy atom. The summed E-state index contributed by atoms with van der Waals surface area (Å²) in [5, 5.41) is 3.40. The van der Waals surface area contributed by atoms with Crippen LogP contribution >= 0.6 is 0 Å². The third-order valence-electron chi connectivity index (χ3n) is 2.74. The first-order chi connectivity index (χ1) is 7.72. The Morgan fingerprint density at radius 2 is 1.88 bits per heavy atom. The summed E-state index contributed by atoms with van der Waals surface area (Å²) in [6.07, 6.45) is 3.40. The van der Waals surface area contributed by atoms with E-state index in [0.717, 1.165) is 19.5 Å². The Kier molecular flexibility index (Phi) is 6.09. The third kappa shape index (κ3) is 5.26. The highest BCUT2D eigenvalue weighted by molar-refractivity contribution is 5.16. The summed E-state index contributed by atoms with van der Waals surface area (Å²) in [6, 6.07) is 6.84. The number of benzene rings is 1. The second-order valence-corrected chi connectivity index (χ2v) is 4.47. The molecule has 90 valence electrons. The summed E-state index contributed by atoms with van der Waals surface area (Å²) in [5.41, 5.74) is 1.23. The van der Waals surface area contributed by atoms with Crippen molar-refractivity contribution in [1.29, 1.82) is 0 Å². The van der Waals surface area contributed by atoms with E-state index in [-0.39, 0.29) is 5.82 Å². The van der Waals surface area contributed by atoms with Crippen LogP contribution in [-0.4, -0.2) is 13.1 Å². The molecule has 1 nitrogen and oxygen atoms in total. The largest absolute Gasteiger partial charge is 0.317 e. The Bertz CT molecular complexity index is 281. The van der Waals surface area contributed by atoms with Gasteiger partial charge in [-0.2, -0.15) is 0 Å². The standard InChI is InChI=1S/C14H22FN/c1-3-9-16-10-8-12(2)11-13-4-6-14(15)7-5-13/h4-7,12,16H,3,8-11H2,1-2H3. The lowest BCUT2D eigenvalue weighted by atomic mass is 9.98. The second-order valence-electron chi connectivity index (χ2n) is 4.47. The second kappa shape index (κ2) is 7.39. The topological polar surface area (TPSA) is 12.0 Å². The maximum absolute atomic E-state index is 12.7. The van der Waals surface area contributed by atoms with Gasteiger partial charge in [0.2, 0.25) is 0 Å². The van der Waals surface area contributed by atoms with Crippen molar-refractivity contribution in [2.45, 2.75) is 33.1 Å². The van der Waals surface area contributed by atoms with Crippen LogP contribution in [0, 0.1) is 11.7 Å². The molecule has 1 aromatic carbocycles. The normalized spacial score (nSPS) is 12.7. The molecule has 0 aliphatic heterocycles. The van der Waals surface area contributed by atoms with Crippen LogP contribution in [0.15, 0.2) is 24.3 Å². The van der Waals surface area contributed by atoms with Gasteiger partial charge in [-0.05, 0) is 56.0 Å². The van der Waals surface area contributed by atoms with Gasteiger partial charge in [-0.25, -0.2) is 4.39 Å². The molecule has 16 heavy (non-hydrogen) atoms. The summed E-state index contributed by atoms with van der Waals surface area (Å²) in [5.74, 6) is 0.496. The van der Waals surface area contributed by atoms with Crippen LogP contribution < -0.4 is 5.32 Å². The van der Waals surface area contributed by atoms with Gasteiger partial charge in [-0.3, -0.25) is 0 Å². The molecule has 0 heterocycles. The number of halogens is 1. The molecule has 0 amide bonds. The highest BCUT2D eigenvalue weighted by atomic mass is 19.1. The van der Waals surface area contributed by atoms with E-state index < -0.39 is 0 Å². The van der Waals surface area contributed by atoms with Gasteiger partial charge in [-0.15, -0.1) is 0 Å². The summed E-state index contributed by atoms with van der Waals surface area (Å²) in [4.78, 5) is 0. The van der Waals surface area contributed by atoms with Crippen LogP contribution in [0.5, 0.6) is 0 Å². The van der Waals surface area contributed by atoms with E-state index >= 15 is 0 Å². The third-order valence-corrected chi connectivity index (χ3v) is 2.74. The molecule has 1 N–H and O–H groups in total. The number of hydrogen-bond acceptors (Lipinski definition) is 1. The Morgan fingerprint density at radius 3 is 2.50 bits per heavy atom. The Labute approximate surface area is 98.1 Å². The zero-order valence-electron chi connectivity index (χ0n) is 10.3. The summed E-state index contributed by atoms with van der Waals surface area (Å²) >= 11 is 0. The van der Waals surface area contributed by atoms with Crippen LogP contribution in [0.4, 0.5) is 4.39 Å². The predicted octanol–water partition coefficient (Wildman–Crippen LogP) is 3.39. The molecule has 0 spiro atoms. The van der Waals surface area contributed by atoms with Gasteiger partial charge in [0, 0.05) is 0 Å². The van der Waals surface area contributed by atoms with Crippen LogP contribution in [0.25, 0.3) is 0 Å². The van der Waals surface area contributed by atoms with Crippen molar-refractivity contribution in [3.05, 3.63) is 35.6 Å². The van der Waals surface area contributed by atoms with Gasteiger partial charge < -0.3 is 5.32 Å². The van der Waals surface area contributed by atoms with E-state index in [1.807, 2.05) is 12.1 Å². The summed E-state index contributed by atoms with van der Waals surface area (Å²) in [7, 11) is 0. The summed E-state index contributed by atoms with van der Waals surface area (Å²) in [6.45, 7) is 6.60. The van der Waals surface area contributed by atoms with Crippen molar-refractivity contribution in [1.82, 2.24) is 5.32 Å². The molecule has 1 atom stereocenters. The van der Waals surface area contributed by atoms with Gasteiger partial charge >= 0.3 is 0 Å². The fourth-order valence-electron chi connectivity index (χ4n) is 1.78. The van der Waals surface area contributed by atoms with Gasteiger partial charge in [0.15, 0.2) is 0 Å². The van der Waals surface area contributed by atoms with Crippen LogP contribution in [0.3, 0.4) is 0 Å². The monoisotopic (exact) mass is 223 g/mol. The van der Waals surface area contributed by atoms with Crippen LogP contribution in [0.1, 0.15) is 32.3 Å². The quantitative estimate of drug-likeness (QED) is 0.699. The molecule has 0 fully saturated rings. The molecule has 0 aliphatic rings. The minimum atomic E-state index is -0.152. The van der Waals surface area contributed by atoms with E-state index in [0.29, 0.717) is 5.92 Å². The van der Waals surface area contributed by atoms with Crippen molar-refractivity contribution >= 4 is 0 Å². The first kappa shape index (κ1) is 13.2.